The number of carbonyl (C=O) groups is 2. The fourth-order valence-electron chi connectivity index (χ4n) is 4.07. The monoisotopic (exact) mass is 345 g/mol. The van der Waals surface area contributed by atoms with Crippen molar-refractivity contribution in [3.8, 4) is 0 Å². The van der Waals surface area contributed by atoms with Gasteiger partial charge in [-0.3, -0.25) is 9.59 Å². The molecular weight excluding hydrogens is 318 g/mol. The van der Waals surface area contributed by atoms with Crippen molar-refractivity contribution < 1.29 is 19.4 Å². The highest BCUT2D eigenvalue weighted by molar-refractivity contribution is 5.76. The zero-order chi connectivity index (χ0) is 17.6. The number of carboxylic acid groups (broad SMARTS) is 1. The molecule has 5 nitrogen and oxygen atoms in total. The Labute approximate surface area is 149 Å². The Bertz CT molecular complexity index is 581. The van der Waals surface area contributed by atoms with Gasteiger partial charge in [-0.15, -0.1) is 0 Å². The number of carbonyl (C=O) groups excluding carboxylic acids is 1. The fourth-order valence-corrected chi connectivity index (χ4v) is 4.07. The van der Waals surface area contributed by atoms with Crippen LogP contribution < -0.4 is 0 Å². The average molecular weight is 345 g/mol. The highest BCUT2D eigenvalue weighted by atomic mass is 16.5. The lowest BCUT2D eigenvalue weighted by atomic mass is 9.77. The maximum absolute atomic E-state index is 12.6. The van der Waals surface area contributed by atoms with Gasteiger partial charge in [0.25, 0.3) is 0 Å². The summed E-state index contributed by atoms with van der Waals surface area (Å²) in [5, 5.41) is 8.89. The van der Waals surface area contributed by atoms with Gasteiger partial charge >= 0.3 is 5.97 Å². The maximum atomic E-state index is 12.6. The van der Waals surface area contributed by atoms with Gasteiger partial charge in [0.1, 0.15) is 0 Å². The van der Waals surface area contributed by atoms with E-state index in [1.54, 1.807) is 4.90 Å². The van der Waals surface area contributed by atoms with E-state index in [0.717, 1.165) is 25.7 Å². The number of aliphatic carboxylic acids is 1. The van der Waals surface area contributed by atoms with Crippen molar-refractivity contribution in [1.82, 2.24) is 4.90 Å². The van der Waals surface area contributed by atoms with E-state index in [2.05, 4.69) is 24.3 Å². The van der Waals surface area contributed by atoms with Gasteiger partial charge < -0.3 is 14.7 Å². The summed E-state index contributed by atoms with van der Waals surface area (Å²) in [6.45, 7) is 1.42. The molecule has 1 heterocycles. The van der Waals surface area contributed by atoms with E-state index >= 15 is 0 Å². The zero-order valence-corrected chi connectivity index (χ0v) is 14.6. The van der Waals surface area contributed by atoms with Crippen LogP contribution in [0.3, 0.4) is 0 Å². The van der Waals surface area contributed by atoms with Gasteiger partial charge in [-0.2, -0.15) is 0 Å². The van der Waals surface area contributed by atoms with Crippen LogP contribution >= 0.6 is 0 Å². The van der Waals surface area contributed by atoms with Gasteiger partial charge in [0.05, 0.1) is 19.1 Å². The largest absolute Gasteiger partial charge is 0.481 e. The van der Waals surface area contributed by atoms with Crippen molar-refractivity contribution in [2.24, 2.45) is 5.92 Å². The van der Waals surface area contributed by atoms with Crippen LogP contribution in [-0.4, -0.2) is 47.7 Å². The second-order valence-electron chi connectivity index (χ2n) is 7.26. The third-order valence-electron chi connectivity index (χ3n) is 5.47. The Kier molecular flexibility index (Phi) is 6.08. The molecule has 5 heteroatoms. The quantitative estimate of drug-likeness (QED) is 0.891. The molecule has 3 rings (SSSR count). The lowest BCUT2D eigenvalue weighted by Gasteiger charge is -2.34. The molecule has 1 saturated carbocycles. The van der Waals surface area contributed by atoms with Crippen LogP contribution in [0.2, 0.25) is 0 Å². The van der Waals surface area contributed by atoms with E-state index < -0.39 is 5.97 Å². The first-order valence-electron chi connectivity index (χ1n) is 9.28. The molecule has 25 heavy (non-hydrogen) atoms. The number of morpholine rings is 1. The van der Waals surface area contributed by atoms with Crippen LogP contribution in [0.1, 0.15) is 50.0 Å². The number of benzene rings is 1. The Balaban J connectivity index is 1.45. The molecule has 1 N–H and O–H groups in total. The second-order valence-corrected chi connectivity index (χ2v) is 7.26. The topological polar surface area (TPSA) is 66.8 Å². The molecule has 0 aromatic heterocycles. The SMILES string of the molecule is O=C(O)C[C@H]1CN(C(=O)CC2CCC(c3ccccc3)CC2)CCO1. The molecule has 136 valence electrons. The van der Waals surface area contributed by atoms with E-state index in [1.807, 2.05) is 6.07 Å². The summed E-state index contributed by atoms with van der Waals surface area (Å²) < 4.78 is 5.45. The summed E-state index contributed by atoms with van der Waals surface area (Å²) in [4.78, 5) is 25.2. The van der Waals surface area contributed by atoms with Crippen LogP contribution in [0.5, 0.6) is 0 Å². The van der Waals surface area contributed by atoms with E-state index in [1.165, 1.54) is 5.56 Å². The minimum atomic E-state index is -0.876. The smallest absolute Gasteiger partial charge is 0.306 e. The third kappa shape index (κ3) is 5.05. The number of rotatable bonds is 5. The lowest BCUT2D eigenvalue weighted by molar-refractivity contribution is -0.148. The average Bonchev–Trinajstić information content (AvgIpc) is 2.63. The standard InChI is InChI=1S/C20H27NO4/c22-19(21-10-11-25-18(14-21)13-20(23)24)12-15-6-8-17(9-7-15)16-4-2-1-3-5-16/h1-5,15,17-18H,6-14H2,(H,23,24)/t15?,17?,18-/m0/s1. The number of hydrogen-bond donors (Lipinski definition) is 1. The number of carboxylic acids is 1. The van der Waals surface area contributed by atoms with Crippen molar-refractivity contribution in [3.63, 3.8) is 0 Å². The Morgan fingerprint density at radius 1 is 1.08 bits per heavy atom. The molecule has 1 amide bonds. The molecule has 1 aliphatic carbocycles. The van der Waals surface area contributed by atoms with Gasteiger partial charge in [0.2, 0.25) is 5.91 Å². The van der Waals surface area contributed by atoms with Crippen LogP contribution in [-0.2, 0) is 14.3 Å². The summed E-state index contributed by atoms with van der Waals surface area (Å²) >= 11 is 0. The Hall–Kier alpha value is -1.88. The second kappa shape index (κ2) is 8.48. The number of nitrogens with zero attached hydrogens (tertiary/aromatic N) is 1. The predicted molar refractivity (Wildman–Crippen MR) is 94.3 cm³/mol. The summed E-state index contributed by atoms with van der Waals surface area (Å²) in [6, 6.07) is 10.6. The third-order valence-corrected chi connectivity index (χ3v) is 5.47. The van der Waals surface area contributed by atoms with Gasteiger partial charge in [-0.1, -0.05) is 30.3 Å². The normalized spacial score (nSPS) is 27.0. The molecule has 1 aromatic rings. The molecular formula is C20H27NO4. The molecule has 0 bridgehead atoms. The van der Waals surface area contributed by atoms with Crippen LogP contribution in [0.15, 0.2) is 30.3 Å². The number of amides is 1. The fraction of sp³-hybridized carbons (Fsp3) is 0.600. The van der Waals surface area contributed by atoms with Crippen LogP contribution in [0, 0.1) is 5.92 Å². The van der Waals surface area contributed by atoms with E-state index in [9.17, 15) is 9.59 Å². The molecule has 0 spiro atoms. The maximum Gasteiger partial charge on any atom is 0.306 e. The van der Waals surface area contributed by atoms with Gasteiger partial charge in [0, 0.05) is 19.5 Å². The van der Waals surface area contributed by atoms with Gasteiger partial charge in [-0.25, -0.2) is 0 Å². The minimum absolute atomic E-state index is 0.0357. The molecule has 1 aromatic carbocycles. The highest BCUT2D eigenvalue weighted by Crippen LogP contribution is 2.37. The van der Waals surface area contributed by atoms with Crippen molar-refractivity contribution in [2.45, 2.75) is 50.5 Å². The lowest BCUT2D eigenvalue weighted by Crippen LogP contribution is -2.46. The summed E-state index contributed by atoms with van der Waals surface area (Å²) in [5.74, 6) is 0.351. The highest BCUT2D eigenvalue weighted by Gasteiger charge is 2.29. The number of hydrogen-bond acceptors (Lipinski definition) is 3. The first-order chi connectivity index (χ1) is 12.1. The molecule has 1 atom stereocenters. The van der Waals surface area contributed by atoms with E-state index in [4.69, 9.17) is 9.84 Å². The summed E-state index contributed by atoms with van der Waals surface area (Å²) in [6.07, 6.45) is 4.65. The van der Waals surface area contributed by atoms with E-state index in [0.29, 0.717) is 38.0 Å². The summed E-state index contributed by atoms with van der Waals surface area (Å²) in [7, 11) is 0. The molecule has 0 unspecified atom stereocenters. The Morgan fingerprint density at radius 2 is 1.80 bits per heavy atom. The zero-order valence-electron chi connectivity index (χ0n) is 14.6. The van der Waals surface area contributed by atoms with Crippen molar-refractivity contribution in [1.29, 1.82) is 0 Å². The molecule has 1 aliphatic heterocycles. The molecule has 0 radical (unpaired) electrons. The molecule has 1 saturated heterocycles. The van der Waals surface area contributed by atoms with Crippen molar-refractivity contribution in [2.75, 3.05) is 19.7 Å². The first-order valence-corrected chi connectivity index (χ1v) is 9.28. The van der Waals surface area contributed by atoms with Crippen LogP contribution in [0.25, 0.3) is 0 Å². The molecule has 2 fully saturated rings. The summed E-state index contributed by atoms with van der Waals surface area (Å²) in [5.41, 5.74) is 1.41. The number of ether oxygens (including phenoxy) is 1. The first kappa shape index (κ1) is 17.9. The van der Waals surface area contributed by atoms with Crippen molar-refractivity contribution >= 4 is 11.9 Å². The molecule has 2 aliphatic rings. The van der Waals surface area contributed by atoms with Gasteiger partial charge in [-0.05, 0) is 43.1 Å². The Morgan fingerprint density at radius 3 is 2.48 bits per heavy atom. The van der Waals surface area contributed by atoms with Crippen molar-refractivity contribution in [3.05, 3.63) is 35.9 Å². The van der Waals surface area contributed by atoms with E-state index in [-0.39, 0.29) is 18.4 Å². The van der Waals surface area contributed by atoms with Gasteiger partial charge in [0.15, 0.2) is 0 Å². The minimum Gasteiger partial charge on any atom is -0.481 e. The van der Waals surface area contributed by atoms with Crippen LogP contribution in [0.4, 0.5) is 0 Å². The predicted octanol–water partition coefficient (Wildman–Crippen LogP) is 3.05.